The second-order valence-electron chi connectivity index (χ2n) is 5.05. The minimum Gasteiger partial charge on any atom is -0.495 e. The quantitative estimate of drug-likeness (QED) is 0.790. The van der Waals surface area contributed by atoms with E-state index in [0.29, 0.717) is 32.9 Å². The molecule has 0 unspecified atom stereocenters. The Labute approximate surface area is 150 Å². The third-order valence-corrected chi connectivity index (χ3v) is 3.86. The molecule has 0 aliphatic heterocycles. The molecule has 2 N–H and O–H groups in total. The fraction of sp³-hybridized carbons (Fsp3) is 0.235. The molecule has 2 aromatic carbocycles. The minimum atomic E-state index is -0.526. The van der Waals surface area contributed by atoms with Gasteiger partial charge < -0.3 is 20.1 Å². The number of carbonyl (C=O) groups is 1. The Kier molecular flexibility index (Phi) is 6.17. The van der Waals surface area contributed by atoms with Crippen LogP contribution < -0.4 is 20.1 Å². The predicted octanol–water partition coefficient (Wildman–Crippen LogP) is 4.45. The van der Waals surface area contributed by atoms with Crippen LogP contribution in [0.25, 0.3) is 0 Å². The lowest BCUT2D eigenvalue weighted by Crippen LogP contribution is -2.32. The van der Waals surface area contributed by atoms with Crippen LogP contribution in [-0.2, 0) is 4.79 Å². The molecule has 128 valence electrons. The van der Waals surface area contributed by atoms with Crippen molar-refractivity contribution in [2.45, 2.75) is 13.0 Å². The topological polar surface area (TPSA) is 59.6 Å². The van der Waals surface area contributed by atoms with Gasteiger partial charge in [-0.15, -0.1) is 0 Å². The molecular formula is C17H18Cl2N2O3. The van der Waals surface area contributed by atoms with E-state index in [1.807, 2.05) is 0 Å². The zero-order chi connectivity index (χ0) is 17.7. The molecule has 0 radical (unpaired) electrons. The van der Waals surface area contributed by atoms with Crippen LogP contribution in [0.5, 0.6) is 11.5 Å². The molecule has 7 heteroatoms. The number of hydrogen-bond donors (Lipinski definition) is 2. The van der Waals surface area contributed by atoms with Crippen LogP contribution in [0.4, 0.5) is 11.4 Å². The minimum absolute atomic E-state index is 0.216. The van der Waals surface area contributed by atoms with Crippen molar-refractivity contribution in [1.82, 2.24) is 0 Å². The van der Waals surface area contributed by atoms with Crippen molar-refractivity contribution in [3.63, 3.8) is 0 Å². The molecule has 1 atom stereocenters. The Bertz CT molecular complexity index is 738. The summed E-state index contributed by atoms with van der Waals surface area (Å²) in [6.07, 6.45) is 0. The number of methoxy groups -OCH3 is 2. The summed E-state index contributed by atoms with van der Waals surface area (Å²) in [4.78, 5) is 12.3. The van der Waals surface area contributed by atoms with Crippen LogP contribution in [0.3, 0.4) is 0 Å². The van der Waals surface area contributed by atoms with Gasteiger partial charge in [0.25, 0.3) is 0 Å². The van der Waals surface area contributed by atoms with Gasteiger partial charge in [0.15, 0.2) is 0 Å². The molecule has 0 saturated heterocycles. The van der Waals surface area contributed by atoms with Crippen LogP contribution in [0.2, 0.25) is 10.0 Å². The number of ether oxygens (including phenoxy) is 2. The molecule has 5 nitrogen and oxygen atoms in total. The number of halogens is 2. The Balaban J connectivity index is 2.12. The maximum Gasteiger partial charge on any atom is 0.246 e. The third kappa shape index (κ3) is 4.46. The Hall–Kier alpha value is -2.11. The summed E-state index contributed by atoms with van der Waals surface area (Å²) in [7, 11) is 3.05. The standard InChI is InChI=1S/C17H18Cl2N2O3/c1-10(17(22)21-12-6-4-5-11(18)7-12)20-14-8-13(19)15(23-2)9-16(14)24-3/h4-10,20H,1-3H3,(H,21,22)/t10-/m0/s1. The first-order valence-electron chi connectivity index (χ1n) is 7.19. The molecule has 0 aromatic heterocycles. The van der Waals surface area contributed by atoms with Gasteiger partial charge in [0.2, 0.25) is 5.91 Å². The summed E-state index contributed by atoms with van der Waals surface area (Å²) in [5.74, 6) is 0.806. The van der Waals surface area contributed by atoms with Gasteiger partial charge in [-0.1, -0.05) is 29.3 Å². The first-order valence-corrected chi connectivity index (χ1v) is 7.94. The van der Waals surface area contributed by atoms with Gasteiger partial charge in [0.05, 0.1) is 24.9 Å². The normalized spacial score (nSPS) is 11.5. The Morgan fingerprint density at radius 1 is 1.08 bits per heavy atom. The van der Waals surface area contributed by atoms with E-state index in [2.05, 4.69) is 10.6 Å². The number of hydrogen-bond acceptors (Lipinski definition) is 4. The molecule has 0 bridgehead atoms. The summed E-state index contributed by atoms with van der Waals surface area (Å²) >= 11 is 12.0. The van der Waals surface area contributed by atoms with Crippen LogP contribution in [0.15, 0.2) is 36.4 Å². The van der Waals surface area contributed by atoms with Gasteiger partial charge in [-0.05, 0) is 31.2 Å². The van der Waals surface area contributed by atoms with E-state index in [9.17, 15) is 4.79 Å². The fourth-order valence-corrected chi connectivity index (χ4v) is 2.52. The number of anilines is 2. The maximum atomic E-state index is 12.3. The zero-order valence-corrected chi connectivity index (χ0v) is 15.0. The van der Waals surface area contributed by atoms with Gasteiger partial charge >= 0.3 is 0 Å². The highest BCUT2D eigenvalue weighted by Gasteiger charge is 2.17. The van der Waals surface area contributed by atoms with E-state index in [1.165, 1.54) is 14.2 Å². The molecule has 0 aliphatic rings. The molecule has 2 rings (SSSR count). The lowest BCUT2D eigenvalue weighted by molar-refractivity contribution is -0.116. The van der Waals surface area contributed by atoms with Crippen LogP contribution in [-0.4, -0.2) is 26.2 Å². The molecule has 0 spiro atoms. The third-order valence-electron chi connectivity index (χ3n) is 3.33. The summed E-state index contributed by atoms with van der Waals surface area (Å²) in [6, 6.07) is 9.74. The van der Waals surface area contributed by atoms with Crippen LogP contribution in [0.1, 0.15) is 6.92 Å². The predicted molar refractivity (Wildman–Crippen MR) is 97.7 cm³/mol. The Morgan fingerprint density at radius 2 is 1.79 bits per heavy atom. The Morgan fingerprint density at radius 3 is 2.42 bits per heavy atom. The summed E-state index contributed by atoms with van der Waals surface area (Å²) in [6.45, 7) is 1.73. The van der Waals surface area contributed by atoms with E-state index in [0.717, 1.165) is 0 Å². The summed E-state index contributed by atoms with van der Waals surface area (Å²) < 4.78 is 10.5. The molecule has 1 amide bonds. The van der Waals surface area contributed by atoms with E-state index in [1.54, 1.807) is 43.3 Å². The van der Waals surface area contributed by atoms with E-state index >= 15 is 0 Å². The van der Waals surface area contributed by atoms with Gasteiger partial charge in [-0.2, -0.15) is 0 Å². The van der Waals surface area contributed by atoms with Crippen molar-refractivity contribution in [3.05, 3.63) is 46.4 Å². The van der Waals surface area contributed by atoms with Crippen molar-refractivity contribution < 1.29 is 14.3 Å². The molecular weight excluding hydrogens is 351 g/mol. The van der Waals surface area contributed by atoms with E-state index in [4.69, 9.17) is 32.7 Å². The summed E-state index contributed by atoms with van der Waals surface area (Å²) in [5.41, 5.74) is 1.22. The molecule has 0 heterocycles. The second-order valence-corrected chi connectivity index (χ2v) is 5.90. The average molecular weight is 369 g/mol. The lowest BCUT2D eigenvalue weighted by atomic mass is 10.2. The number of nitrogens with one attached hydrogen (secondary N) is 2. The van der Waals surface area contributed by atoms with Crippen molar-refractivity contribution in [2.75, 3.05) is 24.9 Å². The van der Waals surface area contributed by atoms with Crippen molar-refractivity contribution in [2.24, 2.45) is 0 Å². The fourth-order valence-electron chi connectivity index (χ4n) is 2.09. The number of rotatable bonds is 6. The number of amides is 1. The van der Waals surface area contributed by atoms with E-state index in [-0.39, 0.29) is 5.91 Å². The van der Waals surface area contributed by atoms with Crippen molar-refractivity contribution >= 4 is 40.5 Å². The maximum absolute atomic E-state index is 12.3. The molecule has 2 aromatic rings. The smallest absolute Gasteiger partial charge is 0.246 e. The van der Waals surface area contributed by atoms with Gasteiger partial charge in [-0.25, -0.2) is 0 Å². The van der Waals surface area contributed by atoms with Crippen LogP contribution in [0, 0.1) is 0 Å². The van der Waals surface area contributed by atoms with Gasteiger partial charge in [-0.3, -0.25) is 4.79 Å². The number of carbonyl (C=O) groups excluding carboxylic acids is 1. The highest BCUT2D eigenvalue weighted by Crippen LogP contribution is 2.36. The first-order chi connectivity index (χ1) is 11.4. The van der Waals surface area contributed by atoms with Gasteiger partial charge in [0.1, 0.15) is 17.5 Å². The van der Waals surface area contributed by atoms with Crippen LogP contribution >= 0.6 is 23.2 Å². The molecule has 24 heavy (non-hydrogen) atoms. The number of benzene rings is 2. The molecule has 0 fully saturated rings. The average Bonchev–Trinajstić information content (AvgIpc) is 2.55. The van der Waals surface area contributed by atoms with E-state index < -0.39 is 6.04 Å². The van der Waals surface area contributed by atoms with Crippen molar-refractivity contribution in [1.29, 1.82) is 0 Å². The first kappa shape index (κ1) is 18.2. The largest absolute Gasteiger partial charge is 0.495 e. The zero-order valence-electron chi connectivity index (χ0n) is 13.5. The molecule has 0 aliphatic carbocycles. The van der Waals surface area contributed by atoms with Gasteiger partial charge in [0, 0.05) is 16.8 Å². The monoisotopic (exact) mass is 368 g/mol. The highest BCUT2D eigenvalue weighted by atomic mass is 35.5. The molecule has 0 saturated carbocycles. The summed E-state index contributed by atoms with van der Waals surface area (Å²) in [5, 5.41) is 6.84. The SMILES string of the molecule is COc1cc(OC)c(N[C@@H](C)C(=O)Nc2cccc(Cl)c2)cc1Cl. The lowest BCUT2D eigenvalue weighted by Gasteiger charge is -2.18. The highest BCUT2D eigenvalue weighted by molar-refractivity contribution is 6.32. The second kappa shape index (κ2) is 8.13. The van der Waals surface area contributed by atoms with Crippen molar-refractivity contribution in [3.8, 4) is 11.5 Å².